The molecule has 0 bridgehead atoms. The van der Waals surface area contributed by atoms with E-state index in [1.165, 1.54) is 0 Å². The summed E-state index contributed by atoms with van der Waals surface area (Å²) in [6.07, 6.45) is -3.42. The maximum atomic E-state index is 9.77. The molecule has 12 heteroatoms. The Kier molecular flexibility index (Phi) is 17.4. The third-order valence-electron chi connectivity index (χ3n) is 1.17. The van der Waals surface area contributed by atoms with Crippen LogP contribution in [-0.4, -0.2) is 72.2 Å². The molecule has 0 aliphatic heterocycles. The lowest BCUT2D eigenvalue weighted by Crippen LogP contribution is -2.39. The van der Waals surface area contributed by atoms with Gasteiger partial charge in [-0.1, -0.05) is 0 Å². The summed E-state index contributed by atoms with van der Waals surface area (Å²) in [7, 11) is 0. The molecule has 0 radical (unpaired) electrons. The molecule has 0 aliphatic carbocycles. The van der Waals surface area contributed by atoms with E-state index in [0.29, 0.717) is 12.2 Å². The van der Waals surface area contributed by atoms with Crippen LogP contribution in [0.5, 0.6) is 0 Å². The topological polar surface area (TPSA) is 221 Å². The fraction of sp³-hybridized carbons (Fsp3) is 0.250. The number of hydrogen-bond acceptors (Lipinski definition) is 6. The zero-order chi connectivity index (χ0) is 14.9. The first-order chi connectivity index (χ1) is 8.09. The van der Waals surface area contributed by atoms with Crippen LogP contribution in [0.4, 0.5) is 0 Å². The largest absolute Gasteiger partial charge is 0.479 e. The number of hydrogen-bond donors (Lipinski definition) is 6. The molecule has 11 nitrogen and oxygen atoms in total. The van der Waals surface area contributed by atoms with Gasteiger partial charge in [0.2, 0.25) is 0 Å². The number of carboxylic acid groups (broad SMARTS) is 4. The minimum atomic E-state index is -2.27. The van der Waals surface area contributed by atoms with Crippen molar-refractivity contribution >= 4 is 36.3 Å². The first-order valence-electron chi connectivity index (χ1n) is 4.05. The lowest BCUT2D eigenvalue weighted by atomic mass is 10.2. The summed E-state index contributed by atoms with van der Waals surface area (Å²) in [6, 6.07) is 0. The van der Waals surface area contributed by atoms with Gasteiger partial charge in [-0.2, -0.15) is 0 Å². The van der Waals surface area contributed by atoms with E-state index in [4.69, 9.17) is 30.6 Å². The van der Waals surface area contributed by atoms with E-state index in [0.717, 1.165) is 0 Å². The normalized spacial score (nSPS) is 11.7. The van der Waals surface area contributed by atoms with Crippen LogP contribution in [-0.2, 0) is 19.2 Å². The molecular formula is C8H13ClO11. The SMILES string of the molecule is Cl.O.O=C(O)C(O)C(O)C(=O)O.O=C(O)C=CC(=O)O. The third-order valence-corrected chi connectivity index (χ3v) is 1.17. The smallest absolute Gasteiger partial charge is 0.335 e. The Morgan fingerprint density at radius 3 is 1.00 bits per heavy atom. The van der Waals surface area contributed by atoms with Gasteiger partial charge in [-0.05, 0) is 0 Å². The molecule has 118 valence electrons. The zero-order valence-electron chi connectivity index (χ0n) is 9.53. The van der Waals surface area contributed by atoms with Crippen LogP contribution in [0, 0.1) is 0 Å². The number of carbonyl (C=O) groups is 4. The van der Waals surface area contributed by atoms with Crippen molar-refractivity contribution in [3.8, 4) is 0 Å². The van der Waals surface area contributed by atoms with Crippen LogP contribution in [0.1, 0.15) is 0 Å². The van der Waals surface area contributed by atoms with Gasteiger partial charge in [-0.25, -0.2) is 19.2 Å². The second-order valence-corrected chi connectivity index (χ2v) is 2.58. The second kappa shape index (κ2) is 13.2. The Bertz CT molecular complexity index is 329. The van der Waals surface area contributed by atoms with Crippen molar-refractivity contribution in [3.05, 3.63) is 12.2 Å². The van der Waals surface area contributed by atoms with E-state index in [1.54, 1.807) is 0 Å². The first kappa shape index (κ1) is 26.4. The summed E-state index contributed by atoms with van der Waals surface area (Å²) in [5.41, 5.74) is 0. The fourth-order valence-corrected chi connectivity index (χ4v) is 0.413. The van der Waals surface area contributed by atoms with Gasteiger partial charge in [0.15, 0.2) is 12.2 Å². The number of halogens is 1. The molecule has 0 aliphatic rings. The standard InChI is InChI=1S/C4H6O6.C4H4O4.ClH.H2O/c5-1(3(7)8)2(6)4(9)10;5-3(6)1-2-4(7)8;;/h1-2,5-6H,(H,7,8)(H,9,10);1-2H,(H,5,6)(H,7,8);1H;1H2. The molecule has 8 N–H and O–H groups in total. The summed E-state index contributed by atoms with van der Waals surface area (Å²) >= 11 is 0. The molecule has 0 saturated heterocycles. The molecule has 0 aromatic carbocycles. The van der Waals surface area contributed by atoms with Crippen LogP contribution in [0.15, 0.2) is 12.2 Å². The van der Waals surface area contributed by atoms with Crippen molar-refractivity contribution in [2.24, 2.45) is 0 Å². The van der Waals surface area contributed by atoms with Crippen molar-refractivity contribution in [1.29, 1.82) is 0 Å². The molecule has 2 atom stereocenters. The molecule has 0 heterocycles. The van der Waals surface area contributed by atoms with Crippen LogP contribution < -0.4 is 0 Å². The highest BCUT2D eigenvalue weighted by Gasteiger charge is 2.29. The molecule has 0 spiro atoms. The third kappa shape index (κ3) is 15.8. The molecule has 0 aromatic rings. The Hall–Kier alpha value is -2.21. The van der Waals surface area contributed by atoms with Crippen molar-refractivity contribution in [3.63, 3.8) is 0 Å². The molecule has 0 aromatic heterocycles. The Morgan fingerprint density at radius 2 is 0.900 bits per heavy atom. The number of rotatable bonds is 5. The fourth-order valence-electron chi connectivity index (χ4n) is 0.413. The summed E-state index contributed by atoms with van der Waals surface area (Å²) in [6.45, 7) is 0. The summed E-state index contributed by atoms with van der Waals surface area (Å²) in [5.74, 6) is -6.05. The van der Waals surface area contributed by atoms with Crippen molar-refractivity contribution in [1.82, 2.24) is 0 Å². The van der Waals surface area contributed by atoms with E-state index in [1.807, 2.05) is 0 Å². The molecule has 0 fully saturated rings. The van der Waals surface area contributed by atoms with Gasteiger partial charge in [0.1, 0.15) is 0 Å². The number of carboxylic acids is 4. The van der Waals surface area contributed by atoms with E-state index < -0.39 is 36.1 Å². The highest BCUT2D eigenvalue weighted by molar-refractivity contribution is 5.89. The molecule has 0 rings (SSSR count). The van der Waals surface area contributed by atoms with Gasteiger partial charge in [0, 0.05) is 12.2 Å². The number of aliphatic hydroxyl groups excluding tert-OH is 2. The Labute approximate surface area is 117 Å². The van der Waals surface area contributed by atoms with Crippen LogP contribution in [0.25, 0.3) is 0 Å². The molecule has 20 heavy (non-hydrogen) atoms. The van der Waals surface area contributed by atoms with Gasteiger partial charge >= 0.3 is 23.9 Å². The van der Waals surface area contributed by atoms with E-state index in [-0.39, 0.29) is 17.9 Å². The molecule has 0 saturated carbocycles. The van der Waals surface area contributed by atoms with E-state index in [2.05, 4.69) is 0 Å². The average Bonchev–Trinajstić information content (AvgIpc) is 2.24. The average molecular weight is 321 g/mol. The van der Waals surface area contributed by atoms with Gasteiger partial charge in [-0.3, -0.25) is 0 Å². The molecular weight excluding hydrogens is 308 g/mol. The van der Waals surface area contributed by atoms with Crippen LogP contribution >= 0.6 is 12.4 Å². The van der Waals surface area contributed by atoms with Crippen LogP contribution in [0.2, 0.25) is 0 Å². The van der Waals surface area contributed by atoms with Crippen molar-refractivity contribution in [2.45, 2.75) is 12.2 Å². The van der Waals surface area contributed by atoms with E-state index in [9.17, 15) is 19.2 Å². The Morgan fingerprint density at radius 1 is 0.700 bits per heavy atom. The predicted octanol–water partition coefficient (Wildman–Crippen LogP) is -2.81. The maximum absolute atomic E-state index is 9.77. The van der Waals surface area contributed by atoms with E-state index >= 15 is 0 Å². The van der Waals surface area contributed by atoms with Gasteiger partial charge < -0.3 is 36.1 Å². The molecule has 2 unspecified atom stereocenters. The minimum absolute atomic E-state index is 0. The zero-order valence-corrected chi connectivity index (χ0v) is 10.4. The van der Waals surface area contributed by atoms with Crippen LogP contribution in [0.3, 0.4) is 0 Å². The lowest BCUT2D eigenvalue weighted by molar-refractivity contribution is -0.165. The number of aliphatic hydroxyl groups is 2. The maximum Gasteiger partial charge on any atom is 0.335 e. The first-order valence-corrected chi connectivity index (χ1v) is 4.05. The van der Waals surface area contributed by atoms with Gasteiger partial charge in [0.25, 0.3) is 0 Å². The predicted molar refractivity (Wildman–Crippen MR) is 62.6 cm³/mol. The lowest BCUT2D eigenvalue weighted by Gasteiger charge is -2.07. The van der Waals surface area contributed by atoms with Crippen molar-refractivity contribution in [2.75, 3.05) is 0 Å². The monoisotopic (exact) mass is 320 g/mol. The van der Waals surface area contributed by atoms with Gasteiger partial charge in [-0.15, -0.1) is 12.4 Å². The minimum Gasteiger partial charge on any atom is -0.479 e. The van der Waals surface area contributed by atoms with Gasteiger partial charge in [0.05, 0.1) is 0 Å². The van der Waals surface area contributed by atoms with Crippen molar-refractivity contribution < 1.29 is 55.3 Å². The quantitative estimate of drug-likeness (QED) is 0.285. The Balaban J connectivity index is -0.000000119. The summed E-state index contributed by atoms with van der Waals surface area (Å²) in [5, 5.41) is 48.2. The summed E-state index contributed by atoms with van der Waals surface area (Å²) in [4.78, 5) is 38.7. The number of aliphatic carboxylic acids is 4. The molecule has 0 amide bonds. The summed E-state index contributed by atoms with van der Waals surface area (Å²) < 4.78 is 0. The highest BCUT2D eigenvalue weighted by atomic mass is 35.5. The second-order valence-electron chi connectivity index (χ2n) is 2.58. The highest BCUT2D eigenvalue weighted by Crippen LogP contribution is 1.92.